The van der Waals surface area contributed by atoms with Crippen molar-refractivity contribution in [3.05, 3.63) is 29.8 Å². The van der Waals surface area contributed by atoms with Gasteiger partial charge in [0.25, 0.3) is 0 Å². The highest BCUT2D eigenvalue weighted by Crippen LogP contribution is 2.31. The lowest BCUT2D eigenvalue weighted by molar-refractivity contribution is -0.116. The summed E-state index contributed by atoms with van der Waals surface area (Å²) in [5.74, 6) is 1.05. The second-order valence-corrected chi connectivity index (χ2v) is 9.31. The van der Waals surface area contributed by atoms with E-state index in [9.17, 15) is 13.2 Å². The molecule has 1 atom stereocenters. The summed E-state index contributed by atoms with van der Waals surface area (Å²) in [6, 6.07) is 7.76. The van der Waals surface area contributed by atoms with E-state index in [1.165, 1.54) is 6.42 Å². The van der Waals surface area contributed by atoms with Crippen molar-refractivity contribution in [3.63, 3.8) is 0 Å². The molecule has 1 aromatic carbocycles. The van der Waals surface area contributed by atoms with Crippen molar-refractivity contribution in [3.8, 4) is 0 Å². The first-order valence-electron chi connectivity index (χ1n) is 9.77. The minimum absolute atomic E-state index is 0. The fourth-order valence-corrected chi connectivity index (χ4v) is 4.45. The van der Waals surface area contributed by atoms with Gasteiger partial charge in [-0.1, -0.05) is 24.6 Å². The highest BCUT2D eigenvalue weighted by molar-refractivity contribution is 14.0. The maximum Gasteiger partial charge on any atom is 0.225 e. The number of aliphatic imine (C=N–C) groups is 1. The van der Waals surface area contributed by atoms with E-state index < -0.39 is 10.0 Å². The number of hydrogen-bond acceptors (Lipinski definition) is 4. The van der Waals surface area contributed by atoms with E-state index in [1.807, 2.05) is 24.3 Å². The van der Waals surface area contributed by atoms with Gasteiger partial charge in [-0.15, -0.1) is 24.0 Å². The smallest absolute Gasteiger partial charge is 0.225 e. The van der Waals surface area contributed by atoms with Gasteiger partial charge in [0.15, 0.2) is 5.96 Å². The zero-order valence-corrected chi connectivity index (χ0v) is 19.8. The summed E-state index contributed by atoms with van der Waals surface area (Å²) in [6.07, 6.45) is 3.82. The number of fused-ring (bicyclic) bond motifs is 1. The number of halogens is 1. The van der Waals surface area contributed by atoms with E-state index in [4.69, 9.17) is 0 Å². The highest BCUT2D eigenvalue weighted by atomic mass is 127. The average Bonchev–Trinajstić information content (AvgIpc) is 2.62. The second-order valence-electron chi connectivity index (χ2n) is 7.38. The molecule has 162 valence electrons. The van der Waals surface area contributed by atoms with Crippen LogP contribution in [0.15, 0.2) is 29.3 Å². The van der Waals surface area contributed by atoms with Crippen molar-refractivity contribution in [1.29, 1.82) is 0 Å². The van der Waals surface area contributed by atoms with Crippen LogP contribution in [0.1, 0.15) is 37.2 Å². The maximum absolute atomic E-state index is 12.1. The van der Waals surface area contributed by atoms with E-state index in [2.05, 4.69) is 25.7 Å². The molecule has 0 aromatic heterocycles. The van der Waals surface area contributed by atoms with Gasteiger partial charge in [-0.05, 0) is 30.4 Å². The number of sulfonamides is 1. The number of guanidine groups is 1. The number of para-hydroxylation sites is 1. The molecule has 0 bridgehead atoms. The van der Waals surface area contributed by atoms with E-state index in [0.717, 1.165) is 24.1 Å². The molecule has 0 spiro atoms. The van der Waals surface area contributed by atoms with Crippen LogP contribution in [0.2, 0.25) is 0 Å². The Kier molecular flexibility index (Phi) is 9.15. The molecular formula is C19H30IN5O3S. The van der Waals surface area contributed by atoms with Crippen LogP contribution in [0, 0.1) is 5.92 Å². The van der Waals surface area contributed by atoms with Crippen molar-refractivity contribution in [1.82, 2.24) is 15.4 Å². The molecule has 29 heavy (non-hydrogen) atoms. The lowest BCUT2D eigenvalue weighted by Gasteiger charge is -2.26. The predicted octanol–water partition coefficient (Wildman–Crippen LogP) is 1.61. The Hall–Kier alpha value is -1.40. The Morgan fingerprint density at radius 2 is 1.97 bits per heavy atom. The molecule has 1 aromatic rings. The van der Waals surface area contributed by atoms with Gasteiger partial charge >= 0.3 is 0 Å². The second kappa shape index (κ2) is 11.1. The van der Waals surface area contributed by atoms with E-state index in [1.54, 1.807) is 7.05 Å². The zero-order valence-electron chi connectivity index (χ0n) is 16.6. The minimum atomic E-state index is -3.29. The van der Waals surface area contributed by atoms with Crippen LogP contribution in [0.5, 0.6) is 0 Å². The van der Waals surface area contributed by atoms with Gasteiger partial charge in [-0.3, -0.25) is 9.79 Å². The predicted molar refractivity (Wildman–Crippen MR) is 126 cm³/mol. The summed E-state index contributed by atoms with van der Waals surface area (Å²) < 4.78 is 26.8. The number of nitrogens with one attached hydrogen (secondary N) is 4. The number of carbonyl (C=O) groups is 1. The number of amides is 1. The average molecular weight is 535 g/mol. The van der Waals surface area contributed by atoms with Crippen LogP contribution in [-0.2, 0) is 14.8 Å². The summed E-state index contributed by atoms with van der Waals surface area (Å²) in [5.41, 5.74) is 1.94. The van der Waals surface area contributed by atoms with Crippen molar-refractivity contribution in [2.75, 3.05) is 37.8 Å². The Balaban J connectivity index is 0.00000300. The number of nitrogens with zero attached hydrogens (tertiary/aromatic N) is 1. The van der Waals surface area contributed by atoms with Gasteiger partial charge in [0, 0.05) is 44.7 Å². The monoisotopic (exact) mass is 535 g/mol. The molecule has 2 aliphatic rings. The van der Waals surface area contributed by atoms with Crippen molar-refractivity contribution in [2.24, 2.45) is 10.9 Å². The zero-order chi connectivity index (χ0) is 20.0. The highest BCUT2D eigenvalue weighted by Gasteiger charge is 2.25. The third-order valence-corrected chi connectivity index (χ3v) is 6.67. The fraction of sp³-hybridized carbons (Fsp3) is 0.579. The SMILES string of the molecule is CN=C(NCCS(=O)(=O)NCC1CCC1)NCC1CC(=O)Nc2ccccc21.I. The Labute approximate surface area is 189 Å². The molecule has 4 N–H and O–H groups in total. The minimum Gasteiger partial charge on any atom is -0.356 e. The van der Waals surface area contributed by atoms with Gasteiger partial charge in [0.2, 0.25) is 15.9 Å². The molecule has 8 nitrogen and oxygen atoms in total. The number of rotatable bonds is 8. The number of benzene rings is 1. The molecule has 1 fully saturated rings. The van der Waals surface area contributed by atoms with Crippen LogP contribution >= 0.6 is 24.0 Å². The summed E-state index contributed by atoms with van der Waals surface area (Å²) in [5, 5.41) is 9.12. The summed E-state index contributed by atoms with van der Waals surface area (Å²) in [6.45, 7) is 1.34. The van der Waals surface area contributed by atoms with Crippen LogP contribution in [0.4, 0.5) is 5.69 Å². The normalized spacial score (nSPS) is 19.4. The molecular weight excluding hydrogens is 505 g/mol. The van der Waals surface area contributed by atoms with Gasteiger partial charge in [0.1, 0.15) is 0 Å². The number of hydrogen-bond donors (Lipinski definition) is 4. The largest absolute Gasteiger partial charge is 0.356 e. The topological polar surface area (TPSA) is 112 Å². The lowest BCUT2D eigenvalue weighted by Crippen LogP contribution is -2.43. The summed E-state index contributed by atoms with van der Waals surface area (Å²) >= 11 is 0. The fourth-order valence-electron chi connectivity index (χ4n) is 3.44. The molecule has 1 aliphatic heterocycles. The quantitative estimate of drug-likeness (QED) is 0.230. The van der Waals surface area contributed by atoms with Crippen molar-refractivity contribution in [2.45, 2.75) is 31.6 Å². The van der Waals surface area contributed by atoms with E-state index in [0.29, 0.717) is 31.4 Å². The molecule has 1 saturated carbocycles. The first-order chi connectivity index (χ1) is 13.5. The molecule has 3 rings (SSSR count). The van der Waals surface area contributed by atoms with Crippen molar-refractivity contribution < 1.29 is 13.2 Å². The maximum atomic E-state index is 12.1. The lowest BCUT2D eigenvalue weighted by atomic mass is 9.86. The van der Waals surface area contributed by atoms with Crippen LogP contribution in [0.3, 0.4) is 0 Å². The Morgan fingerprint density at radius 1 is 1.21 bits per heavy atom. The standard InChI is InChI=1S/C19H29N5O3S.HI/c1-20-19(21-9-10-28(26,27)23-12-14-5-4-6-14)22-13-15-11-18(25)24-17-8-3-2-7-16(15)17;/h2-3,7-8,14-15,23H,4-6,9-13H2,1H3,(H,24,25)(H2,20,21,22);1H. The Morgan fingerprint density at radius 3 is 2.66 bits per heavy atom. The molecule has 1 heterocycles. The molecule has 1 aliphatic carbocycles. The van der Waals surface area contributed by atoms with Crippen molar-refractivity contribution >= 4 is 51.6 Å². The number of carbonyl (C=O) groups excluding carboxylic acids is 1. The first kappa shape index (κ1) is 23.9. The van der Waals surface area contributed by atoms with Crippen LogP contribution < -0.4 is 20.7 Å². The molecule has 0 radical (unpaired) electrons. The van der Waals surface area contributed by atoms with Gasteiger partial charge in [-0.25, -0.2) is 13.1 Å². The molecule has 1 amide bonds. The summed E-state index contributed by atoms with van der Waals surface area (Å²) in [7, 11) is -1.65. The summed E-state index contributed by atoms with van der Waals surface area (Å²) in [4.78, 5) is 16.1. The third kappa shape index (κ3) is 7.10. The Bertz CT molecular complexity index is 827. The van der Waals surface area contributed by atoms with Gasteiger partial charge in [0.05, 0.1) is 5.75 Å². The van der Waals surface area contributed by atoms with E-state index >= 15 is 0 Å². The van der Waals surface area contributed by atoms with Gasteiger partial charge in [-0.2, -0.15) is 0 Å². The van der Waals surface area contributed by atoms with Crippen LogP contribution in [0.25, 0.3) is 0 Å². The van der Waals surface area contributed by atoms with E-state index in [-0.39, 0.29) is 48.1 Å². The first-order valence-corrected chi connectivity index (χ1v) is 11.4. The number of anilines is 1. The molecule has 1 unspecified atom stereocenters. The van der Waals surface area contributed by atoms with Gasteiger partial charge < -0.3 is 16.0 Å². The molecule has 0 saturated heterocycles. The third-order valence-electron chi connectivity index (χ3n) is 5.33. The molecule has 10 heteroatoms. The van der Waals surface area contributed by atoms with Crippen LogP contribution in [-0.4, -0.2) is 52.7 Å².